The van der Waals surface area contributed by atoms with Crippen LogP contribution in [-0.2, 0) is 9.59 Å². The number of rotatable bonds is 6. The zero-order valence-corrected chi connectivity index (χ0v) is 19.5. The molecule has 3 aromatic rings. The van der Waals surface area contributed by atoms with E-state index in [0.717, 1.165) is 0 Å². The van der Waals surface area contributed by atoms with Crippen LogP contribution >= 0.6 is 11.6 Å². The van der Waals surface area contributed by atoms with E-state index in [1.54, 1.807) is 66.7 Å². The molecule has 1 amide bonds. The van der Waals surface area contributed by atoms with Gasteiger partial charge in [-0.1, -0.05) is 11.6 Å². The van der Waals surface area contributed by atoms with Crippen molar-refractivity contribution in [1.29, 1.82) is 0 Å². The third-order valence-electron chi connectivity index (χ3n) is 5.65. The molecule has 0 saturated carbocycles. The zero-order chi connectivity index (χ0) is 24.4. The van der Waals surface area contributed by atoms with Crippen molar-refractivity contribution in [3.8, 4) is 17.2 Å². The van der Waals surface area contributed by atoms with Gasteiger partial charge in [0.15, 0.2) is 0 Å². The second-order valence-electron chi connectivity index (χ2n) is 7.48. The van der Waals surface area contributed by atoms with Gasteiger partial charge in [0.25, 0.3) is 11.7 Å². The molecule has 1 aliphatic heterocycles. The van der Waals surface area contributed by atoms with Gasteiger partial charge < -0.3 is 19.3 Å². The minimum Gasteiger partial charge on any atom is -0.507 e. The molecule has 1 N–H and O–H groups in total. The Morgan fingerprint density at radius 1 is 0.853 bits per heavy atom. The number of aliphatic hydroxyl groups is 1. The molecular weight excluding hydrogens is 458 g/mol. The number of ether oxygens (including phenoxy) is 3. The number of Topliss-reactive ketones (excluding diaryl/α,β-unsaturated/α-hetero) is 1. The van der Waals surface area contributed by atoms with Crippen LogP contribution in [0.1, 0.15) is 17.2 Å². The van der Waals surface area contributed by atoms with Gasteiger partial charge in [-0.15, -0.1) is 0 Å². The third kappa shape index (κ3) is 4.06. The van der Waals surface area contributed by atoms with Gasteiger partial charge in [0.2, 0.25) is 0 Å². The SMILES string of the molecule is COc1ccc(N2C(=O)C(=O)C(=C(O)c3ccc(Cl)cc3)[C@@H]2c2ccc(OC)cc2OC)cc1. The van der Waals surface area contributed by atoms with Crippen molar-refractivity contribution in [3.63, 3.8) is 0 Å². The average Bonchev–Trinajstić information content (AvgIpc) is 3.13. The maximum absolute atomic E-state index is 13.3. The van der Waals surface area contributed by atoms with E-state index in [0.29, 0.717) is 39.1 Å². The topological polar surface area (TPSA) is 85.3 Å². The van der Waals surface area contributed by atoms with E-state index in [2.05, 4.69) is 0 Å². The number of ketones is 1. The first-order valence-corrected chi connectivity index (χ1v) is 10.7. The van der Waals surface area contributed by atoms with E-state index in [1.807, 2.05) is 0 Å². The van der Waals surface area contributed by atoms with Crippen LogP contribution in [0.4, 0.5) is 5.69 Å². The molecule has 1 atom stereocenters. The predicted octanol–water partition coefficient (Wildman–Crippen LogP) is 4.99. The lowest BCUT2D eigenvalue weighted by molar-refractivity contribution is -0.132. The van der Waals surface area contributed by atoms with Crippen LogP contribution in [0.5, 0.6) is 17.2 Å². The minimum atomic E-state index is -0.954. The van der Waals surface area contributed by atoms with Crippen molar-refractivity contribution < 1.29 is 28.9 Å². The number of methoxy groups -OCH3 is 3. The lowest BCUT2D eigenvalue weighted by Crippen LogP contribution is -2.29. The van der Waals surface area contributed by atoms with E-state index in [1.165, 1.54) is 26.2 Å². The van der Waals surface area contributed by atoms with Crippen molar-refractivity contribution in [1.82, 2.24) is 0 Å². The number of aliphatic hydroxyl groups excluding tert-OH is 1. The highest BCUT2D eigenvalue weighted by atomic mass is 35.5. The summed E-state index contributed by atoms with van der Waals surface area (Å²) in [5.74, 6) is -0.366. The zero-order valence-electron chi connectivity index (χ0n) is 18.7. The van der Waals surface area contributed by atoms with Crippen LogP contribution < -0.4 is 19.1 Å². The van der Waals surface area contributed by atoms with E-state index >= 15 is 0 Å². The lowest BCUT2D eigenvalue weighted by atomic mass is 9.94. The number of amides is 1. The molecule has 1 saturated heterocycles. The Kier molecular flexibility index (Phi) is 6.47. The molecule has 1 heterocycles. The molecule has 4 rings (SSSR count). The van der Waals surface area contributed by atoms with Crippen LogP contribution in [0.3, 0.4) is 0 Å². The number of hydrogen-bond acceptors (Lipinski definition) is 6. The van der Waals surface area contributed by atoms with Crippen molar-refractivity contribution in [3.05, 3.63) is 88.5 Å². The van der Waals surface area contributed by atoms with Crippen molar-refractivity contribution >= 4 is 34.7 Å². The van der Waals surface area contributed by atoms with E-state index in [9.17, 15) is 14.7 Å². The maximum Gasteiger partial charge on any atom is 0.300 e. The molecule has 0 bridgehead atoms. The van der Waals surface area contributed by atoms with Crippen molar-refractivity contribution in [2.75, 3.05) is 26.2 Å². The highest BCUT2D eigenvalue weighted by Crippen LogP contribution is 2.45. The molecule has 1 aliphatic rings. The van der Waals surface area contributed by atoms with Gasteiger partial charge in [0.05, 0.1) is 32.9 Å². The Morgan fingerprint density at radius 3 is 2.06 bits per heavy atom. The Bertz CT molecular complexity index is 1270. The molecular formula is C26H22ClNO6. The monoisotopic (exact) mass is 479 g/mol. The van der Waals surface area contributed by atoms with Crippen molar-refractivity contribution in [2.45, 2.75) is 6.04 Å². The number of halogens is 1. The maximum atomic E-state index is 13.3. The molecule has 0 aliphatic carbocycles. The van der Waals surface area contributed by atoms with Gasteiger partial charge in [0, 0.05) is 27.9 Å². The van der Waals surface area contributed by atoms with Gasteiger partial charge in [-0.05, 0) is 60.7 Å². The Labute approximate surface area is 201 Å². The van der Waals surface area contributed by atoms with Crippen LogP contribution in [-0.4, -0.2) is 38.1 Å². The molecule has 0 aromatic heterocycles. The summed E-state index contributed by atoms with van der Waals surface area (Å²) in [6, 6.07) is 17.2. The third-order valence-corrected chi connectivity index (χ3v) is 5.90. The van der Waals surface area contributed by atoms with Gasteiger partial charge in [-0.25, -0.2) is 0 Å². The second-order valence-corrected chi connectivity index (χ2v) is 7.92. The molecule has 0 radical (unpaired) electrons. The fourth-order valence-corrected chi connectivity index (χ4v) is 4.07. The smallest absolute Gasteiger partial charge is 0.300 e. The second kappa shape index (κ2) is 9.49. The standard InChI is InChI=1S/C26H22ClNO6/c1-32-18-10-8-17(9-11-18)28-23(20-13-12-19(33-2)14-21(20)34-3)22(25(30)26(28)31)24(29)15-4-6-16(27)7-5-15/h4-14,23,29H,1-3H3/t23-/m0/s1. The van der Waals surface area contributed by atoms with Crippen LogP contribution in [0.25, 0.3) is 5.76 Å². The molecule has 8 heteroatoms. The molecule has 0 spiro atoms. The molecule has 0 unspecified atom stereocenters. The van der Waals surface area contributed by atoms with Crippen LogP contribution in [0, 0.1) is 0 Å². The summed E-state index contributed by atoms with van der Waals surface area (Å²) < 4.78 is 16.1. The number of carbonyl (C=O) groups excluding carboxylic acids is 2. The summed E-state index contributed by atoms with van der Waals surface area (Å²) in [6.07, 6.45) is 0. The minimum absolute atomic E-state index is 0.0633. The van der Waals surface area contributed by atoms with Crippen LogP contribution in [0.15, 0.2) is 72.3 Å². The van der Waals surface area contributed by atoms with Crippen LogP contribution in [0.2, 0.25) is 5.02 Å². The van der Waals surface area contributed by atoms with Gasteiger partial charge >= 0.3 is 0 Å². The van der Waals surface area contributed by atoms with Crippen molar-refractivity contribution in [2.24, 2.45) is 0 Å². The summed E-state index contributed by atoms with van der Waals surface area (Å²) in [6.45, 7) is 0. The summed E-state index contributed by atoms with van der Waals surface area (Å²) >= 11 is 5.98. The van der Waals surface area contributed by atoms with Gasteiger partial charge in [-0.3, -0.25) is 14.5 Å². The number of benzene rings is 3. The fraction of sp³-hybridized carbons (Fsp3) is 0.154. The van der Waals surface area contributed by atoms with E-state index in [4.69, 9.17) is 25.8 Å². The summed E-state index contributed by atoms with van der Waals surface area (Å²) in [5.41, 5.74) is 1.26. The van der Waals surface area contributed by atoms with Gasteiger partial charge in [0.1, 0.15) is 23.0 Å². The normalized spacial score (nSPS) is 17.1. The molecule has 174 valence electrons. The van der Waals surface area contributed by atoms with Gasteiger partial charge in [-0.2, -0.15) is 0 Å². The number of hydrogen-bond donors (Lipinski definition) is 1. The average molecular weight is 480 g/mol. The largest absolute Gasteiger partial charge is 0.507 e. The molecule has 7 nitrogen and oxygen atoms in total. The highest BCUT2D eigenvalue weighted by Gasteiger charge is 2.48. The van der Waals surface area contributed by atoms with E-state index < -0.39 is 17.7 Å². The first kappa shape index (κ1) is 23.2. The molecule has 34 heavy (non-hydrogen) atoms. The predicted molar refractivity (Wildman–Crippen MR) is 129 cm³/mol. The quantitative estimate of drug-likeness (QED) is 0.304. The Balaban J connectivity index is 1.96. The molecule has 1 fully saturated rings. The molecule has 3 aromatic carbocycles. The first-order valence-electron chi connectivity index (χ1n) is 10.3. The number of carbonyl (C=O) groups is 2. The summed E-state index contributed by atoms with van der Waals surface area (Å²) in [5, 5.41) is 11.7. The lowest BCUT2D eigenvalue weighted by Gasteiger charge is -2.27. The van der Waals surface area contributed by atoms with E-state index in [-0.39, 0.29) is 11.3 Å². The Morgan fingerprint density at radius 2 is 1.47 bits per heavy atom. The summed E-state index contributed by atoms with van der Waals surface area (Å²) in [7, 11) is 4.55. The first-order chi connectivity index (χ1) is 16.4. The highest BCUT2D eigenvalue weighted by molar-refractivity contribution is 6.51. The Hall–Kier alpha value is -3.97. The number of anilines is 1. The number of nitrogens with zero attached hydrogens (tertiary/aromatic N) is 1. The summed E-state index contributed by atoms with van der Waals surface area (Å²) in [4.78, 5) is 27.9. The fourth-order valence-electron chi connectivity index (χ4n) is 3.94.